The molecule has 6 rings (SSSR count). The number of aromatic nitrogens is 5. The van der Waals surface area contributed by atoms with E-state index in [2.05, 4.69) is 31.9 Å². The zero-order chi connectivity index (χ0) is 26.6. The molecule has 3 atom stereocenters. The zero-order valence-corrected chi connectivity index (χ0v) is 21.2. The fraction of sp³-hybridized carbons (Fsp3) is 0.519. The van der Waals surface area contributed by atoms with Gasteiger partial charge in [-0.2, -0.15) is 13.2 Å². The molecule has 8 nitrogen and oxygen atoms in total. The number of hydrogen-bond acceptors (Lipinski definition) is 6. The summed E-state index contributed by atoms with van der Waals surface area (Å²) in [5.41, 5.74) is 7.09. The van der Waals surface area contributed by atoms with Gasteiger partial charge in [0.15, 0.2) is 0 Å². The number of H-pyrrole nitrogens is 1. The Hall–Kier alpha value is -3.18. The second kappa shape index (κ2) is 9.53. The Kier molecular flexibility index (Phi) is 6.30. The van der Waals surface area contributed by atoms with E-state index in [1.165, 1.54) is 12.4 Å². The lowest BCUT2D eigenvalue weighted by molar-refractivity contribution is -0.137. The van der Waals surface area contributed by atoms with Crippen LogP contribution in [0.5, 0.6) is 0 Å². The highest BCUT2D eigenvalue weighted by Crippen LogP contribution is 2.40. The first-order valence-electron chi connectivity index (χ1n) is 13.2. The standard InChI is InChI=1S/C27H32F3N7O/c1-36(13-16-10-22(23(38)11-16)37-7-6-19-25(31)32-14-33-26(19)37)18-8-15(9-18)2-5-24-34-20-4-3-17(27(28,29)30)12-21(20)35-24/h3-4,6-7,12,14-16,18,22-23,38H,2,5,8-11,13H2,1H3,(H,34,35)(H2,31,32,33). The van der Waals surface area contributed by atoms with Crippen LogP contribution in [0, 0.1) is 11.8 Å². The summed E-state index contributed by atoms with van der Waals surface area (Å²) in [4.78, 5) is 18.4. The summed E-state index contributed by atoms with van der Waals surface area (Å²) in [7, 11) is 2.16. The molecule has 2 saturated carbocycles. The molecule has 2 aliphatic carbocycles. The van der Waals surface area contributed by atoms with Crippen LogP contribution in [-0.2, 0) is 12.6 Å². The molecule has 0 radical (unpaired) electrons. The minimum Gasteiger partial charge on any atom is -0.391 e. The van der Waals surface area contributed by atoms with Crippen molar-refractivity contribution in [3.63, 3.8) is 0 Å². The van der Waals surface area contributed by atoms with Crippen LogP contribution in [0.3, 0.4) is 0 Å². The highest BCUT2D eigenvalue weighted by atomic mass is 19.4. The maximum Gasteiger partial charge on any atom is 0.416 e. The van der Waals surface area contributed by atoms with E-state index in [-0.39, 0.29) is 6.04 Å². The Bertz CT molecular complexity index is 1440. The lowest BCUT2D eigenvalue weighted by atomic mass is 9.76. The fourth-order valence-corrected chi connectivity index (χ4v) is 6.35. The van der Waals surface area contributed by atoms with E-state index in [0.717, 1.165) is 74.1 Å². The van der Waals surface area contributed by atoms with Gasteiger partial charge in [0.1, 0.15) is 23.6 Å². The zero-order valence-electron chi connectivity index (χ0n) is 21.2. The Labute approximate surface area is 218 Å². The number of aromatic amines is 1. The summed E-state index contributed by atoms with van der Waals surface area (Å²) in [5.74, 6) is 2.17. The molecule has 11 heteroatoms. The molecule has 2 fully saturated rings. The number of aliphatic hydroxyl groups excluding tert-OH is 1. The van der Waals surface area contributed by atoms with Crippen molar-refractivity contribution < 1.29 is 18.3 Å². The van der Waals surface area contributed by atoms with Gasteiger partial charge in [-0.05, 0) is 75.3 Å². The van der Waals surface area contributed by atoms with Gasteiger partial charge in [0.25, 0.3) is 0 Å². The van der Waals surface area contributed by atoms with Gasteiger partial charge in [0, 0.05) is 25.2 Å². The van der Waals surface area contributed by atoms with Gasteiger partial charge in [-0.3, -0.25) is 0 Å². The fourth-order valence-electron chi connectivity index (χ4n) is 6.35. The van der Waals surface area contributed by atoms with E-state index in [4.69, 9.17) is 5.73 Å². The monoisotopic (exact) mass is 527 g/mol. The summed E-state index contributed by atoms with van der Waals surface area (Å²) < 4.78 is 41.0. The maximum absolute atomic E-state index is 13.0. The molecule has 0 bridgehead atoms. The molecular formula is C27H32F3N7O. The molecule has 3 aromatic heterocycles. The Morgan fingerprint density at radius 3 is 2.74 bits per heavy atom. The number of benzene rings is 1. The van der Waals surface area contributed by atoms with Crippen molar-refractivity contribution in [2.24, 2.45) is 11.8 Å². The van der Waals surface area contributed by atoms with Crippen molar-refractivity contribution in [2.45, 2.75) is 62.9 Å². The number of rotatable bonds is 7. The van der Waals surface area contributed by atoms with Crippen LogP contribution in [0.1, 0.15) is 49.5 Å². The van der Waals surface area contributed by atoms with Crippen molar-refractivity contribution in [1.82, 2.24) is 29.4 Å². The molecule has 2 aliphatic rings. The lowest BCUT2D eigenvalue weighted by Crippen LogP contribution is -2.44. The molecule has 4 N–H and O–H groups in total. The molecule has 1 aromatic carbocycles. The first-order valence-corrected chi connectivity index (χ1v) is 13.2. The van der Waals surface area contributed by atoms with Crippen LogP contribution in [0.4, 0.5) is 19.0 Å². The number of hydrogen-bond donors (Lipinski definition) is 3. The first kappa shape index (κ1) is 25.1. The SMILES string of the molecule is CN(CC1CC(O)C(n2ccc3c(N)ncnc32)C1)C1CC(CCc2nc3ccc(C(F)(F)F)cc3[nH]2)C1. The normalized spacial score (nSPS) is 26.0. The number of aryl methyl sites for hydroxylation is 1. The Morgan fingerprint density at radius 1 is 1.13 bits per heavy atom. The summed E-state index contributed by atoms with van der Waals surface area (Å²) in [5, 5.41) is 11.6. The number of nitrogens with zero attached hydrogens (tertiary/aromatic N) is 5. The summed E-state index contributed by atoms with van der Waals surface area (Å²) in [6.07, 6.45) is 4.17. The number of halogens is 3. The highest BCUT2D eigenvalue weighted by molar-refractivity contribution is 5.86. The molecule has 3 heterocycles. The lowest BCUT2D eigenvalue weighted by Gasteiger charge is -2.42. The van der Waals surface area contributed by atoms with Gasteiger partial charge in [-0.1, -0.05) is 0 Å². The minimum atomic E-state index is -4.36. The summed E-state index contributed by atoms with van der Waals surface area (Å²) in [6, 6.07) is 6.05. The van der Waals surface area contributed by atoms with E-state index in [0.29, 0.717) is 34.7 Å². The predicted octanol–water partition coefficient (Wildman–Crippen LogP) is 4.56. The van der Waals surface area contributed by atoms with Crippen LogP contribution < -0.4 is 5.73 Å². The molecule has 4 aromatic rings. The number of anilines is 1. The molecule has 0 saturated heterocycles. The first-order chi connectivity index (χ1) is 18.2. The molecule has 0 spiro atoms. The van der Waals surface area contributed by atoms with Crippen LogP contribution in [0.2, 0.25) is 0 Å². The smallest absolute Gasteiger partial charge is 0.391 e. The average Bonchev–Trinajstić information content (AvgIpc) is 3.53. The number of nitrogen functional groups attached to an aromatic ring is 1. The van der Waals surface area contributed by atoms with Crippen LogP contribution in [0.25, 0.3) is 22.1 Å². The molecule has 0 aliphatic heterocycles. The Morgan fingerprint density at radius 2 is 1.95 bits per heavy atom. The molecule has 3 unspecified atom stereocenters. The van der Waals surface area contributed by atoms with E-state index < -0.39 is 17.8 Å². The van der Waals surface area contributed by atoms with E-state index in [1.54, 1.807) is 0 Å². The van der Waals surface area contributed by atoms with Crippen LogP contribution in [0.15, 0.2) is 36.8 Å². The molecule has 38 heavy (non-hydrogen) atoms. The van der Waals surface area contributed by atoms with Gasteiger partial charge in [0.2, 0.25) is 0 Å². The number of nitrogens with one attached hydrogen (secondary N) is 1. The van der Waals surface area contributed by atoms with Gasteiger partial charge < -0.3 is 25.3 Å². The van der Waals surface area contributed by atoms with E-state index in [1.807, 2.05) is 16.8 Å². The third kappa shape index (κ3) is 4.73. The number of imidazole rings is 1. The van der Waals surface area contributed by atoms with Crippen molar-refractivity contribution in [3.05, 3.63) is 48.2 Å². The van der Waals surface area contributed by atoms with Gasteiger partial charge >= 0.3 is 6.18 Å². The van der Waals surface area contributed by atoms with Crippen molar-refractivity contribution >= 4 is 27.9 Å². The second-order valence-corrected chi connectivity index (χ2v) is 11.1. The highest BCUT2D eigenvalue weighted by Gasteiger charge is 2.38. The molecule has 202 valence electrons. The number of fused-ring (bicyclic) bond motifs is 2. The summed E-state index contributed by atoms with van der Waals surface area (Å²) in [6.45, 7) is 0.937. The topological polar surface area (TPSA) is 109 Å². The van der Waals surface area contributed by atoms with Crippen LogP contribution >= 0.6 is 0 Å². The van der Waals surface area contributed by atoms with E-state index in [9.17, 15) is 18.3 Å². The van der Waals surface area contributed by atoms with Gasteiger partial charge in [0.05, 0.1) is 34.1 Å². The second-order valence-electron chi connectivity index (χ2n) is 11.1. The average molecular weight is 528 g/mol. The quantitative estimate of drug-likeness (QED) is 0.325. The maximum atomic E-state index is 13.0. The number of alkyl halides is 3. The molecule has 0 amide bonds. The van der Waals surface area contributed by atoms with E-state index >= 15 is 0 Å². The third-order valence-corrected chi connectivity index (χ3v) is 8.52. The third-order valence-electron chi connectivity index (χ3n) is 8.52. The van der Waals surface area contributed by atoms with Gasteiger partial charge in [-0.25, -0.2) is 15.0 Å². The number of aliphatic hydroxyl groups is 1. The Balaban J connectivity index is 0.990. The number of nitrogens with two attached hydrogens (primary N) is 1. The minimum absolute atomic E-state index is 0.0228. The molecular weight excluding hydrogens is 495 g/mol. The largest absolute Gasteiger partial charge is 0.416 e. The van der Waals surface area contributed by atoms with Crippen molar-refractivity contribution in [1.29, 1.82) is 0 Å². The van der Waals surface area contributed by atoms with Crippen molar-refractivity contribution in [3.8, 4) is 0 Å². The summed E-state index contributed by atoms with van der Waals surface area (Å²) >= 11 is 0. The van der Waals surface area contributed by atoms with Crippen molar-refractivity contribution in [2.75, 3.05) is 19.3 Å². The van der Waals surface area contributed by atoms with Gasteiger partial charge in [-0.15, -0.1) is 0 Å². The van der Waals surface area contributed by atoms with Crippen LogP contribution in [-0.4, -0.2) is 60.2 Å². The predicted molar refractivity (Wildman–Crippen MR) is 138 cm³/mol.